The van der Waals surface area contributed by atoms with E-state index in [1.165, 1.54) is 12.1 Å². The number of nitrogens with zero attached hydrogens (tertiary/aromatic N) is 2. The van der Waals surface area contributed by atoms with Crippen molar-refractivity contribution in [3.05, 3.63) is 39.9 Å². The van der Waals surface area contributed by atoms with Crippen molar-refractivity contribution in [3.8, 4) is 0 Å². The van der Waals surface area contributed by atoms with Crippen molar-refractivity contribution in [1.82, 2.24) is 4.90 Å². The number of aliphatic hydroxyl groups is 1. The molecule has 1 unspecified atom stereocenters. The number of hydrogen-bond acceptors (Lipinski definition) is 4. The molecule has 18 heavy (non-hydrogen) atoms. The lowest BCUT2D eigenvalue weighted by Gasteiger charge is -2.22. The summed E-state index contributed by atoms with van der Waals surface area (Å²) in [5, 5.41) is 19.2. The minimum Gasteiger partial charge on any atom is -0.395 e. The maximum absolute atomic E-state index is 10.7. The van der Waals surface area contributed by atoms with Gasteiger partial charge in [0.2, 0.25) is 0 Å². The van der Waals surface area contributed by atoms with Gasteiger partial charge in [0.05, 0.1) is 16.9 Å². The van der Waals surface area contributed by atoms with Gasteiger partial charge < -0.3 is 5.11 Å². The third-order valence-electron chi connectivity index (χ3n) is 2.72. The van der Waals surface area contributed by atoms with E-state index in [9.17, 15) is 10.1 Å². The Morgan fingerprint density at radius 3 is 2.83 bits per heavy atom. The van der Waals surface area contributed by atoms with E-state index in [-0.39, 0.29) is 17.7 Å². The molecule has 0 heterocycles. The highest BCUT2D eigenvalue weighted by Crippen LogP contribution is 2.25. The molecule has 1 atom stereocenters. The summed E-state index contributed by atoms with van der Waals surface area (Å²) >= 11 is 6.25. The largest absolute Gasteiger partial charge is 0.395 e. The number of halogens is 1. The summed E-state index contributed by atoms with van der Waals surface area (Å²) in [5.41, 5.74) is 0.769. The van der Waals surface area contributed by atoms with E-state index in [0.29, 0.717) is 13.1 Å². The smallest absolute Gasteiger partial charge is 0.269 e. The third-order valence-corrected chi connectivity index (χ3v) is 3.11. The molecule has 0 radical (unpaired) electrons. The van der Waals surface area contributed by atoms with E-state index >= 15 is 0 Å². The maximum atomic E-state index is 10.7. The number of likely N-dealkylation sites (N-methyl/N-ethyl adjacent to an activating group) is 1. The summed E-state index contributed by atoms with van der Waals surface area (Å²) in [6, 6.07) is 6.34. The van der Waals surface area contributed by atoms with Gasteiger partial charge in [-0.15, -0.1) is 11.6 Å². The first kappa shape index (κ1) is 14.9. The molecule has 1 aromatic rings. The number of alkyl halides is 1. The Labute approximate surface area is 111 Å². The Morgan fingerprint density at radius 2 is 2.28 bits per heavy atom. The quantitative estimate of drug-likeness (QED) is 0.469. The van der Waals surface area contributed by atoms with Crippen molar-refractivity contribution in [3.63, 3.8) is 0 Å². The fourth-order valence-corrected chi connectivity index (χ4v) is 2.02. The first-order chi connectivity index (χ1) is 8.58. The van der Waals surface area contributed by atoms with Gasteiger partial charge in [0, 0.05) is 25.2 Å². The van der Waals surface area contributed by atoms with Crippen molar-refractivity contribution in [2.75, 3.05) is 26.2 Å². The van der Waals surface area contributed by atoms with Crippen LogP contribution in [0.25, 0.3) is 0 Å². The molecule has 6 heteroatoms. The number of nitro benzene ring substituents is 1. The molecule has 0 saturated heterocycles. The molecule has 1 aromatic carbocycles. The van der Waals surface area contributed by atoms with Crippen LogP contribution in [-0.2, 0) is 0 Å². The maximum Gasteiger partial charge on any atom is 0.269 e. The highest BCUT2D eigenvalue weighted by Gasteiger charge is 2.15. The molecule has 5 nitrogen and oxygen atoms in total. The van der Waals surface area contributed by atoms with Gasteiger partial charge >= 0.3 is 0 Å². The van der Waals surface area contributed by atoms with Crippen molar-refractivity contribution in [1.29, 1.82) is 0 Å². The highest BCUT2D eigenvalue weighted by molar-refractivity contribution is 6.21. The molecule has 0 spiro atoms. The Morgan fingerprint density at radius 1 is 1.56 bits per heavy atom. The van der Waals surface area contributed by atoms with Gasteiger partial charge in [0.1, 0.15) is 0 Å². The van der Waals surface area contributed by atoms with Crippen LogP contribution in [0.5, 0.6) is 0 Å². The average molecular weight is 273 g/mol. The zero-order valence-electron chi connectivity index (χ0n) is 10.3. The molecule has 100 valence electrons. The van der Waals surface area contributed by atoms with Crippen molar-refractivity contribution in [2.24, 2.45) is 0 Å². The Balaban J connectivity index is 2.73. The van der Waals surface area contributed by atoms with E-state index < -0.39 is 4.92 Å². The van der Waals surface area contributed by atoms with Crippen LogP contribution in [0.3, 0.4) is 0 Å². The fourth-order valence-electron chi connectivity index (χ4n) is 1.69. The highest BCUT2D eigenvalue weighted by atomic mass is 35.5. The third kappa shape index (κ3) is 4.25. The second-order valence-corrected chi connectivity index (χ2v) is 4.46. The van der Waals surface area contributed by atoms with Crippen LogP contribution in [0.4, 0.5) is 5.69 Å². The molecule has 0 amide bonds. The van der Waals surface area contributed by atoms with E-state index in [0.717, 1.165) is 12.1 Å². The van der Waals surface area contributed by atoms with Crippen molar-refractivity contribution in [2.45, 2.75) is 12.3 Å². The zero-order valence-corrected chi connectivity index (χ0v) is 11.0. The lowest BCUT2D eigenvalue weighted by Crippen LogP contribution is -2.29. The molecule has 0 aliphatic carbocycles. The van der Waals surface area contributed by atoms with E-state index in [2.05, 4.69) is 0 Å². The molecule has 0 saturated carbocycles. The summed E-state index contributed by atoms with van der Waals surface area (Å²) in [5.74, 6) is 0. The first-order valence-electron chi connectivity index (χ1n) is 5.80. The molecule has 0 aromatic heterocycles. The number of non-ortho nitro benzene ring substituents is 1. The van der Waals surface area contributed by atoms with Gasteiger partial charge in [-0.05, 0) is 12.1 Å². The fraction of sp³-hybridized carbons (Fsp3) is 0.500. The van der Waals surface area contributed by atoms with E-state index in [1.54, 1.807) is 12.1 Å². The molecule has 0 fully saturated rings. The predicted octanol–water partition coefficient (Wildman–Crippen LogP) is 2.19. The van der Waals surface area contributed by atoms with Gasteiger partial charge in [-0.1, -0.05) is 19.1 Å². The normalized spacial score (nSPS) is 12.7. The van der Waals surface area contributed by atoms with E-state index in [4.69, 9.17) is 16.7 Å². The number of benzene rings is 1. The average Bonchev–Trinajstić information content (AvgIpc) is 2.38. The topological polar surface area (TPSA) is 66.6 Å². The number of nitro groups is 1. The van der Waals surface area contributed by atoms with Gasteiger partial charge in [0.15, 0.2) is 0 Å². The SMILES string of the molecule is CCN(CCO)CC(Cl)c1cccc([N+](=O)[O-])c1. The molecule has 0 aliphatic rings. The summed E-state index contributed by atoms with van der Waals surface area (Å²) < 4.78 is 0. The van der Waals surface area contributed by atoms with Gasteiger partial charge in [-0.25, -0.2) is 0 Å². The van der Waals surface area contributed by atoms with Crippen LogP contribution in [0.15, 0.2) is 24.3 Å². The molecule has 0 aliphatic heterocycles. The summed E-state index contributed by atoms with van der Waals surface area (Å²) in [6.07, 6.45) is 0. The van der Waals surface area contributed by atoms with Gasteiger partial charge in [-0.3, -0.25) is 15.0 Å². The Hall–Kier alpha value is -1.17. The van der Waals surface area contributed by atoms with E-state index in [1.807, 2.05) is 11.8 Å². The lowest BCUT2D eigenvalue weighted by atomic mass is 10.1. The monoisotopic (exact) mass is 272 g/mol. The van der Waals surface area contributed by atoms with Crippen LogP contribution in [0, 0.1) is 10.1 Å². The minimum atomic E-state index is -0.432. The Bertz CT molecular complexity index is 401. The number of rotatable bonds is 7. The van der Waals surface area contributed by atoms with Crippen molar-refractivity contribution < 1.29 is 10.0 Å². The molecule has 1 N–H and O–H groups in total. The minimum absolute atomic E-state index is 0.0448. The predicted molar refractivity (Wildman–Crippen MR) is 70.9 cm³/mol. The summed E-state index contributed by atoms with van der Waals surface area (Å²) in [4.78, 5) is 12.2. The standard InChI is InChI=1S/C12H17ClN2O3/c1-2-14(6-7-16)9-12(13)10-4-3-5-11(8-10)15(17)18/h3-5,8,12,16H,2,6-7,9H2,1H3. The van der Waals surface area contributed by atoms with Crippen LogP contribution < -0.4 is 0 Å². The lowest BCUT2D eigenvalue weighted by molar-refractivity contribution is -0.384. The van der Waals surface area contributed by atoms with Crippen LogP contribution in [-0.4, -0.2) is 41.2 Å². The second kappa shape index (κ2) is 7.31. The summed E-state index contributed by atoms with van der Waals surface area (Å²) in [7, 11) is 0. The number of hydrogen-bond donors (Lipinski definition) is 1. The van der Waals surface area contributed by atoms with Crippen LogP contribution >= 0.6 is 11.6 Å². The first-order valence-corrected chi connectivity index (χ1v) is 6.23. The van der Waals surface area contributed by atoms with Crippen LogP contribution in [0.1, 0.15) is 17.9 Å². The number of aliphatic hydroxyl groups excluding tert-OH is 1. The van der Waals surface area contributed by atoms with Crippen LogP contribution in [0.2, 0.25) is 0 Å². The second-order valence-electron chi connectivity index (χ2n) is 3.94. The molecule has 0 bridgehead atoms. The summed E-state index contributed by atoms with van der Waals surface area (Å²) in [6.45, 7) is 3.94. The Kier molecular flexibility index (Phi) is 6.04. The molecular formula is C12H17ClN2O3. The van der Waals surface area contributed by atoms with Crippen molar-refractivity contribution >= 4 is 17.3 Å². The van der Waals surface area contributed by atoms with Gasteiger partial charge in [0.25, 0.3) is 5.69 Å². The van der Waals surface area contributed by atoms with Gasteiger partial charge in [-0.2, -0.15) is 0 Å². The zero-order chi connectivity index (χ0) is 13.5. The molecule has 1 rings (SSSR count). The molecular weight excluding hydrogens is 256 g/mol.